The molecule has 0 saturated carbocycles. The van der Waals surface area contributed by atoms with Crippen molar-refractivity contribution in [2.45, 2.75) is 44.6 Å². The Balaban J connectivity index is 1.73. The molecular weight excluding hydrogens is 290 g/mol. The molecule has 23 heavy (non-hydrogen) atoms. The van der Waals surface area contributed by atoms with Crippen LogP contribution < -0.4 is 5.32 Å². The van der Waals surface area contributed by atoms with Gasteiger partial charge in [0.2, 0.25) is 5.91 Å². The molecule has 5 nitrogen and oxygen atoms in total. The second-order valence-corrected chi connectivity index (χ2v) is 6.09. The van der Waals surface area contributed by atoms with Crippen molar-refractivity contribution >= 4 is 5.91 Å². The first-order chi connectivity index (χ1) is 11.2. The largest absolute Gasteiger partial charge is 0.394 e. The van der Waals surface area contributed by atoms with Crippen molar-refractivity contribution in [1.82, 2.24) is 15.5 Å². The second kappa shape index (κ2) is 6.96. The number of nitrogens with zero attached hydrogens (tertiary/aromatic N) is 1. The summed E-state index contributed by atoms with van der Waals surface area (Å²) in [6.45, 7) is 1.99. The topological polar surface area (TPSA) is 78.0 Å². The molecule has 0 bridgehead atoms. The molecule has 3 rings (SSSR count). The van der Waals surface area contributed by atoms with Gasteiger partial charge in [-0.25, -0.2) is 0 Å². The molecule has 2 atom stereocenters. The zero-order chi connectivity index (χ0) is 16.2. The number of aromatic amines is 1. The number of benzene rings is 1. The van der Waals surface area contributed by atoms with Crippen LogP contribution in [-0.2, 0) is 17.6 Å². The molecule has 1 aromatic carbocycles. The van der Waals surface area contributed by atoms with Crippen LogP contribution in [0, 0.1) is 0 Å². The van der Waals surface area contributed by atoms with Gasteiger partial charge in [0, 0.05) is 11.3 Å². The van der Waals surface area contributed by atoms with Crippen LogP contribution in [-0.4, -0.2) is 27.8 Å². The second-order valence-electron chi connectivity index (χ2n) is 6.09. The fourth-order valence-electron chi connectivity index (χ4n) is 3.23. The van der Waals surface area contributed by atoms with Gasteiger partial charge in [0.25, 0.3) is 0 Å². The van der Waals surface area contributed by atoms with E-state index in [1.807, 2.05) is 24.3 Å². The summed E-state index contributed by atoms with van der Waals surface area (Å²) >= 11 is 0. The van der Waals surface area contributed by atoms with E-state index in [4.69, 9.17) is 0 Å². The van der Waals surface area contributed by atoms with E-state index in [9.17, 15) is 9.90 Å². The highest BCUT2D eigenvalue weighted by atomic mass is 16.3. The van der Waals surface area contributed by atoms with Gasteiger partial charge in [0.15, 0.2) is 0 Å². The number of aromatic nitrogens is 2. The Morgan fingerprint density at radius 3 is 2.91 bits per heavy atom. The fraction of sp³-hybridized carbons (Fsp3) is 0.444. The van der Waals surface area contributed by atoms with E-state index in [1.165, 1.54) is 5.56 Å². The van der Waals surface area contributed by atoms with Gasteiger partial charge in [0.1, 0.15) is 0 Å². The van der Waals surface area contributed by atoms with E-state index in [2.05, 4.69) is 22.4 Å². The Morgan fingerprint density at radius 1 is 1.43 bits per heavy atom. The lowest BCUT2D eigenvalue weighted by atomic mass is 9.86. The van der Waals surface area contributed by atoms with Crippen molar-refractivity contribution in [2.24, 2.45) is 0 Å². The molecule has 2 aromatic rings. The molecule has 1 aliphatic carbocycles. The molecule has 0 spiro atoms. The minimum Gasteiger partial charge on any atom is -0.394 e. The minimum absolute atomic E-state index is 0.0361. The predicted octanol–water partition coefficient (Wildman–Crippen LogP) is 2.24. The number of carbonyl (C=O) groups excluding carboxylic acids is 1. The van der Waals surface area contributed by atoms with E-state index < -0.39 is 0 Å². The number of fused-ring (bicyclic) bond motifs is 1. The zero-order valence-corrected chi connectivity index (χ0v) is 13.4. The maximum atomic E-state index is 12.7. The molecule has 2 unspecified atom stereocenters. The van der Waals surface area contributed by atoms with Crippen LogP contribution in [0.5, 0.6) is 0 Å². The van der Waals surface area contributed by atoms with Gasteiger partial charge in [0.05, 0.1) is 24.8 Å². The van der Waals surface area contributed by atoms with E-state index in [0.29, 0.717) is 0 Å². The van der Waals surface area contributed by atoms with Crippen molar-refractivity contribution in [3.05, 3.63) is 52.8 Å². The molecule has 0 aliphatic heterocycles. The molecule has 3 N–H and O–H groups in total. The number of H-pyrrole nitrogens is 1. The first kappa shape index (κ1) is 15.7. The highest BCUT2D eigenvalue weighted by Crippen LogP contribution is 2.31. The van der Waals surface area contributed by atoms with E-state index in [0.717, 1.165) is 42.5 Å². The first-order valence-corrected chi connectivity index (χ1v) is 8.25. The van der Waals surface area contributed by atoms with Crippen molar-refractivity contribution in [2.75, 3.05) is 6.61 Å². The Labute approximate surface area is 136 Å². The van der Waals surface area contributed by atoms with Crippen LogP contribution in [0.15, 0.2) is 30.5 Å². The average Bonchev–Trinajstić information content (AvgIpc) is 3.08. The van der Waals surface area contributed by atoms with Crippen LogP contribution in [0.1, 0.15) is 54.1 Å². The molecule has 1 aliphatic rings. The van der Waals surface area contributed by atoms with Crippen LogP contribution >= 0.6 is 0 Å². The fourth-order valence-corrected chi connectivity index (χ4v) is 3.23. The average molecular weight is 313 g/mol. The van der Waals surface area contributed by atoms with Crippen LogP contribution in [0.2, 0.25) is 0 Å². The number of carbonyl (C=O) groups is 1. The lowest BCUT2D eigenvalue weighted by molar-refractivity contribution is -0.124. The summed E-state index contributed by atoms with van der Waals surface area (Å²) in [6, 6.07) is 7.66. The molecule has 0 fully saturated rings. The Hall–Kier alpha value is -2.14. The van der Waals surface area contributed by atoms with Crippen molar-refractivity contribution < 1.29 is 9.90 Å². The number of aliphatic hydroxyl groups is 1. The third kappa shape index (κ3) is 3.29. The lowest BCUT2D eigenvalue weighted by Crippen LogP contribution is -2.35. The number of rotatable bonds is 5. The Bertz CT molecular complexity index is 663. The number of hydrogen-bond acceptors (Lipinski definition) is 3. The molecular formula is C18H23N3O2. The van der Waals surface area contributed by atoms with Gasteiger partial charge in [-0.15, -0.1) is 0 Å². The summed E-state index contributed by atoms with van der Waals surface area (Å²) < 4.78 is 0. The van der Waals surface area contributed by atoms with Crippen LogP contribution in [0.25, 0.3) is 0 Å². The molecule has 5 heteroatoms. The minimum atomic E-state index is -0.370. The van der Waals surface area contributed by atoms with Gasteiger partial charge < -0.3 is 10.4 Å². The zero-order valence-electron chi connectivity index (χ0n) is 13.4. The summed E-state index contributed by atoms with van der Waals surface area (Å²) in [5.74, 6) is -0.215. The lowest BCUT2D eigenvalue weighted by Gasteiger charge is -2.24. The number of aryl methyl sites for hydroxylation is 2. The highest BCUT2D eigenvalue weighted by Gasteiger charge is 2.29. The summed E-state index contributed by atoms with van der Waals surface area (Å²) in [4.78, 5) is 12.7. The van der Waals surface area contributed by atoms with E-state index >= 15 is 0 Å². The van der Waals surface area contributed by atoms with Crippen LogP contribution in [0.4, 0.5) is 0 Å². The van der Waals surface area contributed by atoms with Gasteiger partial charge in [-0.1, -0.05) is 31.2 Å². The molecule has 1 amide bonds. The maximum Gasteiger partial charge on any atom is 0.228 e. The third-order valence-electron chi connectivity index (χ3n) is 4.65. The predicted molar refractivity (Wildman–Crippen MR) is 88.1 cm³/mol. The summed E-state index contributed by atoms with van der Waals surface area (Å²) in [7, 11) is 0. The smallest absolute Gasteiger partial charge is 0.228 e. The molecule has 1 aromatic heterocycles. The van der Waals surface area contributed by atoms with E-state index in [1.54, 1.807) is 6.20 Å². The van der Waals surface area contributed by atoms with Gasteiger partial charge in [-0.3, -0.25) is 9.89 Å². The normalized spacial score (nSPS) is 18.3. The standard InChI is InChI=1S/C18H23N3O2/c1-2-12-6-8-13(9-7-12)17(11-22)20-18(23)14-4-3-5-16-15(14)10-19-21-16/h6-10,14,17,22H,2-5,11H2,1H3,(H,19,21)(H,20,23). The van der Waals surface area contributed by atoms with Crippen molar-refractivity contribution in [1.29, 1.82) is 0 Å². The summed E-state index contributed by atoms with van der Waals surface area (Å²) in [5.41, 5.74) is 4.23. The number of nitrogens with one attached hydrogen (secondary N) is 2. The Morgan fingerprint density at radius 2 is 2.22 bits per heavy atom. The van der Waals surface area contributed by atoms with Gasteiger partial charge in [-0.2, -0.15) is 5.10 Å². The maximum absolute atomic E-state index is 12.7. The number of amides is 1. The van der Waals surface area contributed by atoms with Crippen LogP contribution in [0.3, 0.4) is 0 Å². The SMILES string of the molecule is CCc1ccc(C(CO)NC(=O)C2CCCc3[nH]ncc32)cc1. The molecule has 122 valence electrons. The quantitative estimate of drug-likeness (QED) is 0.792. The first-order valence-electron chi connectivity index (χ1n) is 8.25. The Kier molecular flexibility index (Phi) is 4.76. The number of hydrogen-bond donors (Lipinski definition) is 3. The third-order valence-corrected chi connectivity index (χ3v) is 4.65. The van der Waals surface area contributed by atoms with Gasteiger partial charge in [-0.05, 0) is 36.8 Å². The van der Waals surface area contributed by atoms with Crippen molar-refractivity contribution in [3.8, 4) is 0 Å². The molecule has 1 heterocycles. The molecule has 0 radical (unpaired) electrons. The van der Waals surface area contributed by atoms with Gasteiger partial charge >= 0.3 is 0 Å². The summed E-state index contributed by atoms with van der Waals surface area (Å²) in [6.07, 6.45) is 5.47. The highest BCUT2D eigenvalue weighted by molar-refractivity contribution is 5.84. The van der Waals surface area contributed by atoms with E-state index in [-0.39, 0.29) is 24.5 Å². The van der Waals surface area contributed by atoms with Crippen molar-refractivity contribution in [3.63, 3.8) is 0 Å². The monoisotopic (exact) mass is 313 g/mol. The summed E-state index contributed by atoms with van der Waals surface area (Å²) in [5, 5.41) is 19.7. The molecule has 0 saturated heterocycles. The number of aliphatic hydroxyl groups excluding tert-OH is 1.